The van der Waals surface area contributed by atoms with Crippen LogP contribution in [0.5, 0.6) is 0 Å². The van der Waals surface area contributed by atoms with Gasteiger partial charge in [-0.1, -0.05) is 6.07 Å². The number of hydrogen-bond acceptors (Lipinski definition) is 4. The molecule has 74 valence electrons. The van der Waals surface area contributed by atoms with Gasteiger partial charge in [-0.15, -0.1) is 0 Å². The predicted molar refractivity (Wildman–Crippen MR) is 58.8 cm³/mol. The summed E-state index contributed by atoms with van der Waals surface area (Å²) in [6.07, 6.45) is 3.25. The largest absolute Gasteiger partial charge is 0.383 e. The Hall–Kier alpha value is -2.23. The molecule has 0 radical (unpaired) electrons. The van der Waals surface area contributed by atoms with E-state index in [2.05, 4.69) is 9.97 Å². The summed E-state index contributed by atoms with van der Waals surface area (Å²) < 4.78 is 0. The molecule has 0 atom stereocenters. The van der Waals surface area contributed by atoms with E-state index in [9.17, 15) is 0 Å². The van der Waals surface area contributed by atoms with Crippen molar-refractivity contribution in [3.63, 3.8) is 0 Å². The van der Waals surface area contributed by atoms with Crippen LogP contribution in [0.3, 0.4) is 0 Å². The zero-order valence-corrected chi connectivity index (χ0v) is 8.01. The van der Waals surface area contributed by atoms with E-state index in [0.29, 0.717) is 22.8 Å². The van der Waals surface area contributed by atoms with Gasteiger partial charge in [0.15, 0.2) is 0 Å². The number of hydrogen-bond donors (Lipinski definition) is 2. The third-order valence-corrected chi connectivity index (χ3v) is 2.03. The van der Waals surface area contributed by atoms with Gasteiger partial charge in [0, 0.05) is 18.0 Å². The highest BCUT2D eigenvalue weighted by molar-refractivity contribution is 6.12. The fraction of sp³-hybridized carbons (Fsp3) is 0. The van der Waals surface area contributed by atoms with Gasteiger partial charge >= 0.3 is 0 Å². The number of rotatable bonds is 2. The first kappa shape index (κ1) is 9.33. The van der Waals surface area contributed by atoms with E-state index in [1.165, 1.54) is 0 Å². The number of anilines is 1. The van der Waals surface area contributed by atoms with Crippen molar-refractivity contribution in [2.24, 2.45) is 0 Å². The molecule has 0 aliphatic rings. The van der Waals surface area contributed by atoms with Crippen LogP contribution in [0.15, 0.2) is 42.7 Å². The molecule has 15 heavy (non-hydrogen) atoms. The fourth-order valence-electron chi connectivity index (χ4n) is 1.28. The zero-order valence-electron chi connectivity index (χ0n) is 8.01. The molecule has 4 nitrogen and oxygen atoms in total. The number of nitrogens with two attached hydrogens (primary N) is 1. The Morgan fingerprint density at radius 3 is 2.53 bits per heavy atom. The molecule has 0 saturated carbocycles. The van der Waals surface area contributed by atoms with Crippen LogP contribution in [0, 0.1) is 5.41 Å². The van der Waals surface area contributed by atoms with Gasteiger partial charge in [0.2, 0.25) is 0 Å². The highest BCUT2D eigenvalue weighted by atomic mass is 14.8. The van der Waals surface area contributed by atoms with Crippen LogP contribution in [0.2, 0.25) is 0 Å². The van der Waals surface area contributed by atoms with Crippen molar-refractivity contribution in [1.82, 2.24) is 9.97 Å². The van der Waals surface area contributed by atoms with E-state index >= 15 is 0 Å². The first-order valence-corrected chi connectivity index (χ1v) is 4.50. The van der Waals surface area contributed by atoms with Gasteiger partial charge in [-0.05, 0) is 24.3 Å². The van der Waals surface area contributed by atoms with Gasteiger partial charge in [0.25, 0.3) is 0 Å². The molecule has 0 bridgehead atoms. The van der Waals surface area contributed by atoms with Crippen LogP contribution in [0.4, 0.5) is 5.82 Å². The maximum Gasteiger partial charge on any atom is 0.132 e. The Morgan fingerprint density at radius 2 is 1.87 bits per heavy atom. The summed E-state index contributed by atoms with van der Waals surface area (Å²) >= 11 is 0. The van der Waals surface area contributed by atoms with Crippen molar-refractivity contribution >= 4 is 11.5 Å². The third kappa shape index (κ3) is 1.83. The number of nitrogens with one attached hydrogen (secondary N) is 1. The summed E-state index contributed by atoms with van der Waals surface area (Å²) in [7, 11) is 0. The van der Waals surface area contributed by atoms with Crippen LogP contribution in [0.25, 0.3) is 0 Å². The van der Waals surface area contributed by atoms with Gasteiger partial charge in [0.1, 0.15) is 5.82 Å². The van der Waals surface area contributed by atoms with E-state index < -0.39 is 0 Å². The van der Waals surface area contributed by atoms with Crippen LogP contribution >= 0.6 is 0 Å². The first-order chi connectivity index (χ1) is 7.29. The maximum atomic E-state index is 7.93. The van der Waals surface area contributed by atoms with Crippen molar-refractivity contribution < 1.29 is 0 Å². The second-order valence-corrected chi connectivity index (χ2v) is 3.03. The Labute approximate surface area is 87.3 Å². The summed E-state index contributed by atoms with van der Waals surface area (Å²) in [4.78, 5) is 8.02. The molecule has 0 aliphatic carbocycles. The quantitative estimate of drug-likeness (QED) is 0.717. The Kier molecular flexibility index (Phi) is 2.41. The molecular formula is C11H10N4. The molecular weight excluding hydrogens is 188 g/mol. The standard InChI is InChI=1S/C11H10N4/c12-10(9-5-1-2-6-14-9)8-4-3-7-15-11(8)13/h1-7,12H,(H2,13,15). The van der Waals surface area contributed by atoms with Crippen molar-refractivity contribution in [3.8, 4) is 0 Å². The lowest BCUT2D eigenvalue weighted by molar-refractivity contribution is 1.26. The van der Waals surface area contributed by atoms with Gasteiger partial charge in [0.05, 0.1) is 11.4 Å². The minimum absolute atomic E-state index is 0.293. The smallest absolute Gasteiger partial charge is 0.132 e. The minimum Gasteiger partial charge on any atom is -0.383 e. The number of nitrogen functional groups attached to an aromatic ring is 1. The molecule has 0 fully saturated rings. The van der Waals surface area contributed by atoms with E-state index in [1.807, 2.05) is 12.1 Å². The molecule has 2 aromatic rings. The summed E-state index contributed by atoms with van der Waals surface area (Å²) in [5.41, 5.74) is 7.17. The molecule has 0 unspecified atom stereocenters. The lowest BCUT2D eigenvalue weighted by atomic mass is 10.1. The van der Waals surface area contributed by atoms with E-state index in [0.717, 1.165) is 0 Å². The Balaban J connectivity index is 2.42. The van der Waals surface area contributed by atoms with E-state index in [-0.39, 0.29) is 0 Å². The number of aromatic nitrogens is 2. The van der Waals surface area contributed by atoms with Crippen LogP contribution in [-0.4, -0.2) is 15.7 Å². The molecule has 0 spiro atoms. The Morgan fingerprint density at radius 1 is 1.07 bits per heavy atom. The van der Waals surface area contributed by atoms with Crippen molar-refractivity contribution in [3.05, 3.63) is 54.0 Å². The lowest BCUT2D eigenvalue weighted by Crippen LogP contribution is -2.07. The highest BCUT2D eigenvalue weighted by Gasteiger charge is 2.08. The topological polar surface area (TPSA) is 75.7 Å². The maximum absolute atomic E-state index is 7.93. The normalized spacial score (nSPS) is 9.87. The van der Waals surface area contributed by atoms with Gasteiger partial charge < -0.3 is 5.73 Å². The molecule has 2 heterocycles. The summed E-state index contributed by atoms with van der Waals surface area (Å²) in [6, 6.07) is 8.93. The monoisotopic (exact) mass is 198 g/mol. The second-order valence-electron chi connectivity index (χ2n) is 3.03. The third-order valence-electron chi connectivity index (χ3n) is 2.03. The molecule has 0 amide bonds. The Bertz CT molecular complexity index is 479. The second kappa shape index (κ2) is 3.88. The first-order valence-electron chi connectivity index (χ1n) is 4.50. The van der Waals surface area contributed by atoms with E-state index in [1.54, 1.807) is 30.6 Å². The van der Waals surface area contributed by atoms with Gasteiger partial charge in [-0.3, -0.25) is 10.4 Å². The molecule has 3 N–H and O–H groups in total. The van der Waals surface area contributed by atoms with Crippen LogP contribution < -0.4 is 5.73 Å². The predicted octanol–water partition coefficient (Wildman–Crippen LogP) is 1.47. The van der Waals surface area contributed by atoms with E-state index in [4.69, 9.17) is 11.1 Å². The average Bonchev–Trinajstić information content (AvgIpc) is 2.30. The van der Waals surface area contributed by atoms with Crippen molar-refractivity contribution in [2.75, 3.05) is 5.73 Å². The summed E-state index contributed by atoms with van der Waals surface area (Å²) in [5.74, 6) is 0.355. The van der Waals surface area contributed by atoms with Gasteiger partial charge in [-0.25, -0.2) is 4.98 Å². The molecule has 2 rings (SSSR count). The molecule has 0 saturated heterocycles. The SMILES string of the molecule is N=C(c1ccccn1)c1cccnc1N. The summed E-state index contributed by atoms with van der Waals surface area (Å²) in [5, 5.41) is 7.93. The minimum atomic E-state index is 0.293. The molecule has 0 aliphatic heterocycles. The number of pyridine rings is 2. The van der Waals surface area contributed by atoms with Gasteiger partial charge in [-0.2, -0.15) is 0 Å². The van der Waals surface area contributed by atoms with Crippen LogP contribution in [-0.2, 0) is 0 Å². The molecule has 4 heteroatoms. The van der Waals surface area contributed by atoms with Crippen molar-refractivity contribution in [2.45, 2.75) is 0 Å². The molecule has 0 aromatic carbocycles. The lowest BCUT2D eigenvalue weighted by Gasteiger charge is -2.04. The number of nitrogens with zero attached hydrogens (tertiary/aromatic N) is 2. The van der Waals surface area contributed by atoms with Crippen molar-refractivity contribution in [1.29, 1.82) is 5.41 Å². The summed E-state index contributed by atoms with van der Waals surface area (Å²) in [6.45, 7) is 0. The van der Waals surface area contributed by atoms with Crippen LogP contribution in [0.1, 0.15) is 11.3 Å². The molecule has 2 aromatic heterocycles. The highest BCUT2D eigenvalue weighted by Crippen LogP contribution is 2.11. The zero-order chi connectivity index (χ0) is 10.7. The average molecular weight is 198 g/mol. The fourth-order valence-corrected chi connectivity index (χ4v) is 1.28.